The van der Waals surface area contributed by atoms with Crippen molar-refractivity contribution in [3.05, 3.63) is 101 Å². The summed E-state index contributed by atoms with van der Waals surface area (Å²) >= 11 is 1.24. The summed E-state index contributed by atoms with van der Waals surface area (Å²) in [6.45, 7) is 0.0885. The molecule has 0 bridgehead atoms. The molecule has 0 fully saturated rings. The second-order valence-electron chi connectivity index (χ2n) is 6.63. The van der Waals surface area contributed by atoms with E-state index in [1.54, 1.807) is 13.2 Å². The maximum atomic E-state index is 13.4. The van der Waals surface area contributed by atoms with Crippen molar-refractivity contribution in [3.63, 3.8) is 0 Å². The Kier molecular flexibility index (Phi) is 5.68. The standard InChI is InChI=1S/C24H18FNO3S/c1-29-20-10-6-5-7-17(20)15-26-23(27)21(16-11-13-18(25)14-12-16)22(24(26)28)30-19-8-3-2-4-9-19/h2-14H,15H2,1H3. The number of carbonyl (C=O) groups excluding carboxylic acids is 2. The topological polar surface area (TPSA) is 46.6 Å². The Morgan fingerprint density at radius 3 is 2.23 bits per heavy atom. The van der Waals surface area contributed by atoms with E-state index in [9.17, 15) is 14.0 Å². The fraction of sp³-hybridized carbons (Fsp3) is 0.0833. The lowest BCUT2D eigenvalue weighted by Gasteiger charge is -2.17. The summed E-state index contributed by atoms with van der Waals surface area (Å²) < 4.78 is 18.8. The molecule has 150 valence electrons. The molecule has 30 heavy (non-hydrogen) atoms. The van der Waals surface area contributed by atoms with Crippen LogP contribution in [0.5, 0.6) is 5.75 Å². The zero-order valence-corrected chi connectivity index (χ0v) is 17.0. The highest BCUT2D eigenvalue weighted by Crippen LogP contribution is 2.40. The molecule has 0 atom stereocenters. The molecule has 1 aliphatic heterocycles. The summed E-state index contributed by atoms with van der Waals surface area (Å²) in [5.41, 5.74) is 1.52. The van der Waals surface area contributed by atoms with Crippen molar-refractivity contribution in [1.29, 1.82) is 0 Å². The zero-order valence-electron chi connectivity index (χ0n) is 16.2. The monoisotopic (exact) mass is 419 g/mol. The Morgan fingerprint density at radius 2 is 1.53 bits per heavy atom. The fourth-order valence-corrected chi connectivity index (χ4v) is 4.31. The Bertz CT molecular complexity index is 1130. The van der Waals surface area contributed by atoms with Gasteiger partial charge in [-0.05, 0) is 35.9 Å². The van der Waals surface area contributed by atoms with Crippen LogP contribution in [-0.4, -0.2) is 23.8 Å². The molecule has 0 spiro atoms. The molecule has 1 heterocycles. The van der Waals surface area contributed by atoms with Gasteiger partial charge in [-0.3, -0.25) is 14.5 Å². The first kappa shape index (κ1) is 19.9. The number of methoxy groups -OCH3 is 1. The maximum Gasteiger partial charge on any atom is 0.268 e. The molecule has 1 aliphatic rings. The van der Waals surface area contributed by atoms with E-state index in [2.05, 4.69) is 0 Å². The molecule has 0 unspecified atom stereocenters. The Balaban J connectivity index is 1.74. The Morgan fingerprint density at radius 1 is 0.867 bits per heavy atom. The van der Waals surface area contributed by atoms with Crippen molar-refractivity contribution in [3.8, 4) is 5.75 Å². The number of rotatable bonds is 6. The van der Waals surface area contributed by atoms with Crippen LogP contribution >= 0.6 is 11.8 Å². The molecule has 0 saturated heterocycles. The van der Waals surface area contributed by atoms with Gasteiger partial charge in [0.25, 0.3) is 11.8 Å². The lowest BCUT2D eigenvalue weighted by Crippen LogP contribution is -2.31. The van der Waals surface area contributed by atoms with Crippen LogP contribution in [0.1, 0.15) is 11.1 Å². The van der Waals surface area contributed by atoms with Gasteiger partial charge in [0, 0.05) is 10.5 Å². The first-order valence-electron chi connectivity index (χ1n) is 9.29. The van der Waals surface area contributed by atoms with Gasteiger partial charge in [0.2, 0.25) is 0 Å². The van der Waals surface area contributed by atoms with Gasteiger partial charge >= 0.3 is 0 Å². The summed E-state index contributed by atoms with van der Waals surface area (Å²) in [4.78, 5) is 29.0. The van der Waals surface area contributed by atoms with E-state index in [1.807, 2.05) is 48.5 Å². The number of carbonyl (C=O) groups is 2. The average Bonchev–Trinajstić information content (AvgIpc) is 3.00. The molecule has 0 N–H and O–H groups in total. The van der Waals surface area contributed by atoms with Crippen molar-refractivity contribution >= 4 is 29.1 Å². The highest BCUT2D eigenvalue weighted by atomic mass is 32.2. The number of nitrogens with zero attached hydrogens (tertiary/aromatic N) is 1. The van der Waals surface area contributed by atoms with Crippen LogP contribution in [0.4, 0.5) is 4.39 Å². The molecular formula is C24H18FNO3S. The molecule has 3 aromatic rings. The van der Waals surface area contributed by atoms with Crippen molar-refractivity contribution in [2.75, 3.05) is 7.11 Å². The van der Waals surface area contributed by atoms with Crippen molar-refractivity contribution < 1.29 is 18.7 Å². The molecule has 0 aliphatic carbocycles. The van der Waals surface area contributed by atoms with Crippen molar-refractivity contribution in [2.24, 2.45) is 0 Å². The molecule has 0 aromatic heterocycles. The van der Waals surface area contributed by atoms with Crippen molar-refractivity contribution in [1.82, 2.24) is 4.90 Å². The van der Waals surface area contributed by atoms with E-state index in [4.69, 9.17) is 4.74 Å². The molecule has 6 heteroatoms. The minimum Gasteiger partial charge on any atom is -0.496 e. The van der Waals surface area contributed by atoms with Gasteiger partial charge in [-0.1, -0.05) is 60.3 Å². The maximum absolute atomic E-state index is 13.4. The van der Waals surface area contributed by atoms with Gasteiger partial charge in [0.1, 0.15) is 11.6 Å². The summed E-state index contributed by atoms with van der Waals surface area (Å²) in [6.07, 6.45) is 0. The summed E-state index contributed by atoms with van der Waals surface area (Å²) in [5.74, 6) is -0.583. The fourth-order valence-electron chi connectivity index (χ4n) is 3.27. The number of imide groups is 1. The smallest absolute Gasteiger partial charge is 0.268 e. The molecule has 0 saturated carbocycles. The molecule has 4 rings (SSSR count). The van der Waals surface area contributed by atoms with Crippen LogP contribution in [-0.2, 0) is 16.1 Å². The minimum absolute atomic E-state index is 0.0885. The van der Waals surface area contributed by atoms with Crippen LogP contribution in [0, 0.1) is 5.82 Å². The number of benzene rings is 3. The van der Waals surface area contributed by atoms with Gasteiger partial charge in [0.05, 0.1) is 24.1 Å². The summed E-state index contributed by atoms with van der Waals surface area (Å²) in [7, 11) is 1.55. The van der Waals surface area contributed by atoms with E-state index in [0.717, 1.165) is 10.5 Å². The largest absolute Gasteiger partial charge is 0.496 e. The molecule has 2 amide bonds. The average molecular weight is 419 g/mol. The zero-order chi connectivity index (χ0) is 21.1. The highest BCUT2D eigenvalue weighted by molar-refractivity contribution is 8.04. The van der Waals surface area contributed by atoms with E-state index in [0.29, 0.717) is 16.2 Å². The minimum atomic E-state index is -0.407. The highest BCUT2D eigenvalue weighted by Gasteiger charge is 2.39. The van der Waals surface area contributed by atoms with Crippen LogP contribution in [0.2, 0.25) is 0 Å². The van der Waals surface area contributed by atoms with Crippen LogP contribution in [0.25, 0.3) is 5.57 Å². The second-order valence-corrected chi connectivity index (χ2v) is 7.72. The van der Waals surface area contributed by atoms with Gasteiger partial charge < -0.3 is 4.74 Å². The lowest BCUT2D eigenvalue weighted by molar-refractivity contribution is -0.137. The number of hydrogen-bond donors (Lipinski definition) is 0. The summed E-state index contributed by atoms with van der Waals surface area (Å²) in [6, 6.07) is 22.3. The predicted molar refractivity (Wildman–Crippen MR) is 114 cm³/mol. The first-order chi connectivity index (χ1) is 14.6. The molecule has 4 nitrogen and oxygen atoms in total. The Hall–Kier alpha value is -3.38. The SMILES string of the molecule is COc1ccccc1CN1C(=O)C(Sc2ccccc2)=C(c2ccc(F)cc2)C1=O. The molecule has 3 aromatic carbocycles. The molecular weight excluding hydrogens is 401 g/mol. The van der Waals surface area contributed by atoms with Crippen molar-refractivity contribution in [2.45, 2.75) is 11.4 Å². The molecule has 0 radical (unpaired) electrons. The number of ether oxygens (including phenoxy) is 1. The van der Waals surface area contributed by atoms with E-state index >= 15 is 0 Å². The number of thioether (sulfide) groups is 1. The van der Waals surface area contributed by atoms with Crippen LogP contribution in [0.15, 0.2) is 88.7 Å². The number of para-hydroxylation sites is 1. The van der Waals surface area contributed by atoms with Gasteiger partial charge in [-0.25, -0.2) is 4.39 Å². The third-order valence-corrected chi connectivity index (χ3v) is 5.83. The quantitative estimate of drug-likeness (QED) is 0.533. The number of halogens is 1. The van der Waals surface area contributed by atoms with Crippen LogP contribution < -0.4 is 4.74 Å². The van der Waals surface area contributed by atoms with Gasteiger partial charge in [-0.2, -0.15) is 0 Å². The predicted octanol–water partition coefficient (Wildman–Crippen LogP) is 4.91. The normalized spacial score (nSPS) is 13.9. The van der Waals surface area contributed by atoms with Gasteiger partial charge in [0.15, 0.2) is 0 Å². The van der Waals surface area contributed by atoms with E-state index < -0.39 is 11.7 Å². The van der Waals surface area contributed by atoms with E-state index in [-0.39, 0.29) is 18.0 Å². The Labute approximate surface area is 178 Å². The van der Waals surface area contributed by atoms with Crippen LogP contribution in [0.3, 0.4) is 0 Å². The van der Waals surface area contributed by atoms with Gasteiger partial charge in [-0.15, -0.1) is 0 Å². The third-order valence-electron chi connectivity index (χ3n) is 4.74. The first-order valence-corrected chi connectivity index (χ1v) is 10.1. The second kappa shape index (κ2) is 8.55. The lowest BCUT2D eigenvalue weighted by atomic mass is 10.1. The number of amides is 2. The summed E-state index contributed by atoms with van der Waals surface area (Å²) in [5, 5.41) is 0. The number of hydrogen-bond acceptors (Lipinski definition) is 4. The third kappa shape index (κ3) is 3.86. The van der Waals surface area contributed by atoms with E-state index in [1.165, 1.54) is 40.9 Å².